The zero-order valence-electron chi connectivity index (χ0n) is 19.8. The fraction of sp³-hybridized carbons (Fsp3) is 0.318. The van der Waals surface area contributed by atoms with Gasteiger partial charge in [0.15, 0.2) is 11.1 Å². The molecule has 0 radical (unpaired) electrons. The SMILES string of the molecule is CC(=O)Nc1ccc(N=Nc2cc(OCCOC(C)=O)c(N)cc2OCCOC(C)=O)c(S(=O)O)c1. The smallest absolute Gasteiger partial charge is 0.302 e. The second kappa shape index (κ2) is 13.7. The summed E-state index contributed by atoms with van der Waals surface area (Å²) in [6.07, 6.45) is 0. The van der Waals surface area contributed by atoms with Gasteiger partial charge in [0, 0.05) is 38.6 Å². The third-order valence-electron chi connectivity index (χ3n) is 4.12. The van der Waals surface area contributed by atoms with Crippen molar-refractivity contribution in [2.75, 3.05) is 37.5 Å². The monoisotopic (exact) mass is 522 g/mol. The van der Waals surface area contributed by atoms with Crippen molar-refractivity contribution >= 4 is 51.7 Å². The van der Waals surface area contributed by atoms with E-state index in [0.717, 1.165) is 0 Å². The topological polar surface area (TPSA) is 188 Å². The van der Waals surface area contributed by atoms with Crippen LogP contribution in [0.1, 0.15) is 20.8 Å². The fourth-order valence-corrected chi connectivity index (χ4v) is 3.20. The second-order valence-corrected chi connectivity index (χ2v) is 7.99. The minimum atomic E-state index is -2.43. The molecule has 0 aromatic heterocycles. The quantitative estimate of drug-likeness (QED) is 0.123. The van der Waals surface area contributed by atoms with Crippen molar-refractivity contribution in [3.05, 3.63) is 30.3 Å². The number of carbonyl (C=O) groups excluding carboxylic acids is 3. The van der Waals surface area contributed by atoms with E-state index in [0.29, 0.717) is 5.69 Å². The van der Waals surface area contributed by atoms with E-state index < -0.39 is 23.0 Å². The first-order valence-corrected chi connectivity index (χ1v) is 11.6. The van der Waals surface area contributed by atoms with Crippen LogP contribution >= 0.6 is 0 Å². The van der Waals surface area contributed by atoms with E-state index in [1.54, 1.807) is 0 Å². The molecule has 2 rings (SSSR count). The Bertz CT molecular complexity index is 1170. The zero-order chi connectivity index (χ0) is 26.7. The van der Waals surface area contributed by atoms with Gasteiger partial charge < -0.3 is 34.6 Å². The van der Waals surface area contributed by atoms with Gasteiger partial charge in [0.2, 0.25) is 5.91 Å². The predicted octanol–water partition coefficient (Wildman–Crippen LogP) is 3.11. The summed E-state index contributed by atoms with van der Waals surface area (Å²) >= 11 is -2.43. The van der Waals surface area contributed by atoms with Crippen molar-refractivity contribution < 1.29 is 42.1 Å². The number of azo groups is 1. The van der Waals surface area contributed by atoms with Crippen molar-refractivity contribution in [1.82, 2.24) is 0 Å². The molecule has 1 amide bonds. The Morgan fingerprint density at radius 2 is 1.47 bits per heavy atom. The van der Waals surface area contributed by atoms with E-state index in [1.165, 1.54) is 51.1 Å². The van der Waals surface area contributed by atoms with Crippen LogP contribution in [0.2, 0.25) is 0 Å². The molecule has 194 valence electrons. The highest BCUT2D eigenvalue weighted by Crippen LogP contribution is 2.38. The molecule has 0 aliphatic heterocycles. The lowest BCUT2D eigenvalue weighted by molar-refractivity contribution is -0.142. The van der Waals surface area contributed by atoms with Crippen molar-refractivity contribution in [2.24, 2.45) is 10.2 Å². The molecular formula is C22H26N4O9S. The zero-order valence-corrected chi connectivity index (χ0v) is 20.6. The number of nitrogens with zero attached hydrogens (tertiary/aromatic N) is 2. The number of nitrogens with one attached hydrogen (secondary N) is 1. The van der Waals surface area contributed by atoms with E-state index in [2.05, 4.69) is 15.5 Å². The molecule has 14 heteroatoms. The van der Waals surface area contributed by atoms with E-state index in [1.807, 2.05) is 0 Å². The molecule has 0 spiro atoms. The number of benzene rings is 2. The third-order valence-corrected chi connectivity index (χ3v) is 4.82. The summed E-state index contributed by atoms with van der Waals surface area (Å²) in [5.74, 6) is -0.897. The molecule has 0 saturated carbocycles. The summed E-state index contributed by atoms with van der Waals surface area (Å²) in [7, 11) is 0. The molecule has 1 atom stereocenters. The van der Waals surface area contributed by atoms with Crippen LogP contribution in [0.4, 0.5) is 22.7 Å². The van der Waals surface area contributed by atoms with Crippen molar-refractivity contribution in [3.8, 4) is 11.5 Å². The van der Waals surface area contributed by atoms with Crippen molar-refractivity contribution in [1.29, 1.82) is 0 Å². The molecule has 36 heavy (non-hydrogen) atoms. The first-order chi connectivity index (χ1) is 17.1. The summed E-state index contributed by atoms with van der Waals surface area (Å²) < 4.78 is 42.3. The highest BCUT2D eigenvalue weighted by molar-refractivity contribution is 7.79. The Labute approximate surface area is 209 Å². The van der Waals surface area contributed by atoms with Crippen LogP contribution in [0, 0.1) is 0 Å². The maximum Gasteiger partial charge on any atom is 0.302 e. The second-order valence-electron chi connectivity index (χ2n) is 7.05. The van der Waals surface area contributed by atoms with Crippen LogP contribution in [0.25, 0.3) is 0 Å². The minimum absolute atomic E-state index is 0.00141. The van der Waals surface area contributed by atoms with Crippen molar-refractivity contribution in [3.63, 3.8) is 0 Å². The Balaban J connectivity index is 2.35. The number of anilines is 2. The van der Waals surface area contributed by atoms with Crippen LogP contribution in [-0.2, 0) is 34.9 Å². The number of rotatable bonds is 12. The van der Waals surface area contributed by atoms with Gasteiger partial charge in [-0.25, -0.2) is 4.21 Å². The van der Waals surface area contributed by atoms with Gasteiger partial charge >= 0.3 is 11.9 Å². The first-order valence-electron chi connectivity index (χ1n) is 10.5. The van der Waals surface area contributed by atoms with Gasteiger partial charge in [-0.3, -0.25) is 14.4 Å². The molecule has 13 nitrogen and oxygen atoms in total. The molecule has 0 fully saturated rings. The molecule has 1 unspecified atom stereocenters. The van der Waals surface area contributed by atoms with Gasteiger partial charge in [0.05, 0.1) is 10.6 Å². The maximum atomic E-state index is 11.8. The predicted molar refractivity (Wildman–Crippen MR) is 129 cm³/mol. The molecule has 0 saturated heterocycles. The Kier molecular flexibility index (Phi) is 10.8. The van der Waals surface area contributed by atoms with Gasteiger partial charge in [0.25, 0.3) is 0 Å². The van der Waals surface area contributed by atoms with E-state index in [9.17, 15) is 23.1 Å². The minimum Gasteiger partial charge on any atom is -0.488 e. The van der Waals surface area contributed by atoms with E-state index in [-0.39, 0.29) is 65.8 Å². The molecule has 0 aliphatic carbocycles. The summed E-state index contributed by atoms with van der Waals surface area (Å²) in [5, 5.41) is 10.7. The summed E-state index contributed by atoms with van der Waals surface area (Å²) in [6, 6.07) is 7.06. The van der Waals surface area contributed by atoms with E-state index in [4.69, 9.17) is 24.7 Å². The lowest BCUT2D eigenvalue weighted by Crippen LogP contribution is -2.11. The molecular weight excluding hydrogens is 496 g/mol. The first kappa shape index (κ1) is 28.2. The number of esters is 2. The van der Waals surface area contributed by atoms with Gasteiger partial charge in [-0.1, -0.05) is 0 Å². The van der Waals surface area contributed by atoms with Gasteiger partial charge in [-0.15, -0.1) is 10.2 Å². The van der Waals surface area contributed by atoms with Gasteiger partial charge in [0.1, 0.15) is 49.3 Å². The molecule has 4 N–H and O–H groups in total. The lowest BCUT2D eigenvalue weighted by Gasteiger charge is -2.14. The average Bonchev–Trinajstić information content (AvgIpc) is 2.79. The average molecular weight is 523 g/mol. The number of carbonyl (C=O) groups is 3. The molecule has 0 aliphatic rings. The maximum absolute atomic E-state index is 11.8. The highest BCUT2D eigenvalue weighted by atomic mass is 32.2. The Morgan fingerprint density at radius 1 is 0.889 bits per heavy atom. The Morgan fingerprint density at radius 3 is 2.03 bits per heavy atom. The molecule has 2 aromatic rings. The summed E-state index contributed by atoms with van der Waals surface area (Å²) in [5.41, 5.74) is 6.74. The van der Waals surface area contributed by atoms with Crippen LogP contribution in [0.5, 0.6) is 11.5 Å². The summed E-state index contributed by atoms with van der Waals surface area (Å²) in [6.45, 7) is 3.82. The highest BCUT2D eigenvalue weighted by Gasteiger charge is 2.14. The lowest BCUT2D eigenvalue weighted by atomic mass is 10.2. The number of amides is 1. The normalized spacial score (nSPS) is 11.6. The number of hydrogen-bond donors (Lipinski definition) is 3. The number of ether oxygens (including phenoxy) is 4. The van der Waals surface area contributed by atoms with Crippen LogP contribution < -0.4 is 20.5 Å². The van der Waals surface area contributed by atoms with Gasteiger partial charge in [-0.2, -0.15) is 0 Å². The van der Waals surface area contributed by atoms with Crippen LogP contribution in [0.15, 0.2) is 45.5 Å². The van der Waals surface area contributed by atoms with Crippen molar-refractivity contribution in [2.45, 2.75) is 25.7 Å². The number of nitrogen functional groups attached to an aromatic ring is 1. The molecule has 2 aromatic carbocycles. The number of nitrogens with two attached hydrogens (primary N) is 1. The Hall–Kier alpha value is -4.04. The molecule has 0 heterocycles. The largest absolute Gasteiger partial charge is 0.488 e. The van der Waals surface area contributed by atoms with Gasteiger partial charge in [-0.05, 0) is 18.2 Å². The van der Waals surface area contributed by atoms with Crippen LogP contribution in [0.3, 0.4) is 0 Å². The standard InChI is InChI=1S/C22H26N4O9S/c1-13(27)24-16-4-5-18(22(10-16)36(30)31)25-26-19-12-20(34-8-6-32-14(2)28)17(23)11-21(19)35-9-7-33-15(3)29/h4-5,10-12H,6-9,23H2,1-3H3,(H,24,27)(H,30,31). The molecule has 0 bridgehead atoms. The van der Waals surface area contributed by atoms with Crippen LogP contribution in [-0.4, -0.2) is 53.0 Å². The third kappa shape index (κ3) is 9.31. The number of hydrogen-bond acceptors (Lipinski definition) is 11. The van der Waals surface area contributed by atoms with E-state index >= 15 is 0 Å². The summed E-state index contributed by atoms with van der Waals surface area (Å²) in [4.78, 5) is 33.1. The fourth-order valence-electron chi connectivity index (χ4n) is 2.68.